The second kappa shape index (κ2) is 7.63. The molecule has 28 heavy (non-hydrogen) atoms. The van der Waals surface area contributed by atoms with Crippen LogP contribution in [0.1, 0.15) is 55.4 Å². The third kappa shape index (κ3) is 3.26. The van der Waals surface area contributed by atoms with Crippen molar-refractivity contribution in [3.63, 3.8) is 0 Å². The van der Waals surface area contributed by atoms with Gasteiger partial charge in [0.05, 0.1) is 25.3 Å². The van der Waals surface area contributed by atoms with Gasteiger partial charge in [-0.15, -0.1) is 0 Å². The van der Waals surface area contributed by atoms with Crippen LogP contribution in [0.2, 0.25) is 0 Å². The van der Waals surface area contributed by atoms with E-state index in [1.54, 1.807) is 25.1 Å². The minimum atomic E-state index is -0.796. The number of imidazole rings is 1. The fourth-order valence-electron chi connectivity index (χ4n) is 3.18. The van der Waals surface area contributed by atoms with Gasteiger partial charge in [0.25, 0.3) is 5.91 Å². The molecule has 0 saturated heterocycles. The Morgan fingerprint density at radius 3 is 2.75 bits per heavy atom. The Kier molecular flexibility index (Phi) is 5.25. The summed E-state index contributed by atoms with van der Waals surface area (Å²) in [6.45, 7) is 1.89. The number of H-pyrrole nitrogens is 1. The Hall–Kier alpha value is -3.49. The largest absolute Gasteiger partial charge is 0.460 e. The molecule has 1 aromatic carbocycles. The van der Waals surface area contributed by atoms with Crippen molar-refractivity contribution >= 4 is 23.8 Å². The zero-order chi connectivity index (χ0) is 20.4. The van der Waals surface area contributed by atoms with Gasteiger partial charge in [0.15, 0.2) is 5.78 Å². The maximum atomic E-state index is 12.9. The highest BCUT2D eigenvalue weighted by molar-refractivity contribution is 6.10. The van der Waals surface area contributed by atoms with Crippen LogP contribution in [0.3, 0.4) is 0 Å². The molecule has 1 N–H and O–H groups in total. The molecule has 1 aromatic heterocycles. The Morgan fingerprint density at radius 1 is 1.32 bits per heavy atom. The number of nitrogens with one attached hydrogen (secondary N) is 1. The SMILES string of the molecule is CCOC(=O)c1nc(C2Cc3c(cccc3C(=O)N(C)C(=O)OC)C2=O)c[nH]1. The quantitative estimate of drug-likeness (QED) is 0.799. The first-order chi connectivity index (χ1) is 13.4. The summed E-state index contributed by atoms with van der Waals surface area (Å²) in [4.78, 5) is 56.7. The number of imide groups is 1. The predicted octanol–water partition coefficient (Wildman–Crippen LogP) is 1.95. The summed E-state index contributed by atoms with van der Waals surface area (Å²) < 4.78 is 9.46. The molecular formula is C19H19N3O6. The van der Waals surface area contributed by atoms with E-state index in [1.807, 2.05) is 0 Å². The van der Waals surface area contributed by atoms with Gasteiger partial charge in [0.1, 0.15) is 0 Å². The number of methoxy groups -OCH3 is 1. The monoisotopic (exact) mass is 385 g/mol. The van der Waals surface area contributed by atoms with E-state index in [0.29, 0.717) is 16.8 Å². The molecule has 3 rings (SSSR count). The molecule has 0 aliphatic heterocycles. The van der Waals surface area contributed by atoms with Crippen molar-refractivity contribution in [3.05, 3.63) is 52.6 Å². The van der Waals surface area contributed by atoms with Crippen LogP contribution >= 0.6 is 0 Å². The number of Topliss-reactive ketones (excluding diaryl/α,β-unsaturated/α-hetero) is 1. The number of hydrogen-bond donors (Lipinski definition) is 1. The molecule has 0 spiro atoms. The molecule has 1 aliphatic carbocycles. The molecule has 0 radical (unpaired) electrons. The van der Waals surface area contributed by atoms with E-state index < -0.39 is 23.9 Å². The Bertz CT molecular complexity index is 964. The van der Waals surface area contributed by atoms with Crippen LogP contribution in [-0.4, -0.2) is 59.4 Å². The van der Waals surface area contributed by atoms with Crippen molar-refractivity contribution in [2.75, 3.05) is 20.8 Å². The van der Waals surface area contributed by atoms with E-state index in [0.717, 1.165) is 4.90 Å². The standard InChI is InChI=1S/C19H19N3O6/c1-4-28-18(25)16-20-9-14(21-16)13-8-12-10(15(13)23)6-5-7-11(12)17(24)22(2)19(26)27-3/h5-7,9,13H,4,8H2,1-3H3,(H,20,21). The minimum Gasteiger partial charge on any atom is -0.460 e. The van der Waals surface area contributed by atoms with Crippen molar-refractivity contribution in [1.29, 1.82) is 0 Å². The number of carbonyl (C=O) groups is 4. The van der Waals surface area contributed by atoms with Gasteiger partial charge >= 0.3 is 12.1 Å². The van der Waals surface area contributed by atoms with Crippen molar-refractivity contribution in [2.24, 2.45) is 0 Å². The van der Waals surface area contributed by atoms with E-state index in [-0.39, 0.29) is 30.2 Å². The number of rotatable bonds is 4. The second-order valence-corrected chi connectivity index (χ2v) is 6.18. The maximum absolute atomic E-state index is 12.9. The highest BCUT2D eigenvalue weighted by Gasteiger charge is 2.37. The Morgan fingerprint density at radius 2 is 2.07 bits per heavy atom. The third-order valence-electron chi connectivity index (χ3n) is 4.57. The van der Waals surface area contributed by atoms with Gasteiger partial charge in [-0.3, -0.25) is 9.59 Å². The first kappa shape index (κ1) is 19.3. The minimum absolute atomic E-state index is 0.0160. The van der Waals surface area contributed by atoms with E-state index >= 15 is 0 Å². The second-order valence-electron chi connectivity index (χ2n) is 6.18. The van der Waals surface area contributed by atoms with Gasteiger partial charge in [0, 0.05) is 24.4 Å². The summed E-state index contributed by atoms with van der Waals surface area (Å²) in [5, 5.41) is 0. The molecule has 2 aromatic rings. The number of benzene rings is 1. The summed E-state index contributed by atoms with van der Waals surface area (Å²) >= 11 is 0. The summed E-state index contributed by atoms with van der Waals surface area (Å²) in [7, 11) is 2.49. The molecule has 9 nitrogen and oxygen atoms in total. The number of ether oxygens (including phenoxy) is 2. The molecule has 1 heterocycles. The zero-order valence-corrected chi connectivity index (χ0v) is 15.6. The molecule has 0 fully saturated rings. The van der Waals surface area contributed by atoms with Crippen molar-refractivity contribution in [1.82, 2.24) is 14.9 Å². The fraction of sp³-hybridized carbons (Fsp3) is 0.316. The van der Waals surface area contributed by atoms with Gasteiger partial charge in [-0.05, 0) is 25.0 Å². The average Bonchev–Trinajstić information content (AvgIpc) is 3.31. The van der Waals surface area contributed by atoms with E-state index in [1.165, 1.54) is 20.4 Å². The van der Waals surface area contributed by atoms with Crippen LogP contribution in [0.15, 0.2) is 24.4 Å². The van der Waals surface area contributed by atoms with Gasteiger partial charge in [-0.2, -0.15) is 0 Å². The van der Waals surface area contributed by atoms with E-state index in [4.69, 9.17) is 4.74 Å². The average molecular weight is 385 g/mol. The zero-order valence-electron chi connectivity index (χ0n) is 15.6. The highest BCUT2D eigenvalue weighted by Crippen LogP contribution is 2.35. The van der Waals surface area contributed by atoms with Gasteiger partial charge in [-0.1, -0.05) is 12.1 Å². The van der Waals surface area contributed by atoms with Crippen LogP contribution in [0.5, 0.6) is 0 Å². The number of aromatic nitrogens is 2. The summed E-state index contributed by atoms with van der Waals surface area (Å²) in [5.74, 6) is -1.99. The Balaban J connectivity index is 1.90. The molecule has 0 bridgehead atoms. The van der Waals surface area contributed by atoms with Gasteiger partial charge in [-0.25, -0.2) is 19.5 Å². The lowest BCUT2D eigenvalue weighted by Crippen LogP contribution is -2.33. The van der Waals surface area contributed by atoms with Crippen molar-refractivity contribution < 1.29 is 28.7 Å². The molecule has 9 heteroatoms. The maximum Gasteiger partial charge on any atom is 0.416 e. The van der Waals surface area contributed by atoms with Crippen LogP contribution in [0, 0.1) is 0 Å². The molecular weight excluding hydrogens is 366 g/mol. The number of fused-ring (bicyclic) bond motifs is 1. The van der Waals surface area contributed by atoms with Crippen molar-refractivity contribution in [3.8, 4) is 0 Å². The topological polar surface area (TPSA) is 119 Å². The summed E-state index contributed by atoms with van der Waals surface area (Å²) in [5.41, 5.74) is 1.58. The number of nitrogens with zero attached hydrogens (tertiary/aromatic N) is 2. The first-order valence-corrected chi connectivity index (χ1v) is 8.63. The smallest absolute Gasteiger partial charge is 0.416 e. The van der Waals surface area contributed by atoms with E-state index in [2.05, 4.69) is 14.7 Å². The third-order valence-corrected chi connectivity index (χ3v) is 4.57. The molecule has 1 aliphatic rings. The van der Waals surface area contributed by atoms with Crippen LogP contribution in [0.4, 0.5) is 4.79 Å². The summed E-state index contributed by atoms with van der Waals surface area (Å²) in [6.07, 6.45) is 0.927. The molecule has 0 saturated carbocycles. The fourth-order valence-corrected chi connectivity index (χ4v) is 3.18. The number of hydrogen-bond acceptors (Lipinski definition) is 7. The van der Waals surface area contributed by atoms with Gasteiger partial charge < -0.3 is 14.5 Å². The summed E-state index contributed by atoms with van der Waals surface area (Å²) in [6, 6.07) is 4.78. The number of esters is 1. The van der Waals surface area contributed by atoms with Crippen LogP contribution in [0.25, 0.3) is 0 Å². The van der Waals surface area contributed by atoms with Crippen LogP contribution in [-0.2, 0) is 15.9 Å². The number of carbonyl (C=O) groups excluding carboxylic acids is 4. The normalized spacial score (nSPS) is 15.1. The molecule has 2 amide bonds. The predicted molar refractivity (Wildman–Crippen MR) is 96.3 cm³/mol. The lowest BCUT2D eigenvalue weighted by atomic mass is 10.0. The molecule has 1 unspecified atom stereocenters. The lowest BCUT2D eigenvalue weighted by molar-refractivity contribution is 0.0512. The highest BCUT2D eigenvalue weighted by atomic mass is 16.5. The van der Waals surface area contributed by atoms with E-state index in [9.17, 15) is 19.2 Å². The number of amides is 2. The number of aromatic amines is 1. The Labute approximate surface area is 160 Å². The van der Waals surface area contributed by atoms with Crippen LogP contribution < -0.4 is 0 Å². The van der Waals surface area contributed by atoms with Crippen molar-refractivity contribution in [2.45, 2.75) is 19.3 Å². The lowest BCUT2D eigenvalue weighted by Gasteiger charge is -2.15. The first-order valence-electron chi connectivity index (χ1n) is 8.63. The van der Waals surface area contributed by atoms with Gasteiger partial charge in [0.2, 0.25) is 5.82 Å². The number of ketones is 1. The molecule has 146 valence electrons. The molecule has 1 atom stereocenters.